The molecule has 9 heteroatoms. The van der Waals surface area contributed by atoms with Gasteiger partial charge in [0.1, 0.15) is 0 Å². The van der Waals surface area contributed by atoms with Gasteiger partial charge in [0, 0.05) is 38.2 Å². The number of rotatable bonds is 5. The Morgan fingerprint density at radius 1 is 1.20 bits per heavy atom. The van der Waals surface area contributed by atoms with Gasteiger partial charge in [-0.3, -0.25) is 9.69 Å². The number of benzene rings is 1. The fourth-order valence-electron chi connectivity index (χ4n) is 3.84. The number of amides is 1. The third-order valence-electron chi connectivity index (χ3n) is 5.55. The van der Waals surface area contributed by atoms with E-state index >= 15 is 0 Å². The van der Waals surface area contributed by atoms with E-state index < -0.39 is 11.7 Å². The van der Waals surface area contributed by atoms with Crippen LogP contribution in [0.3, 0.4) is 0 Å². The van der Waals surface area contributed by atoms with Gasteiger partial charge in [-0.15, -0.1) is 0 Å². The standard InChI is InChI=1S/C21H23F3N4O2/c22-21(23,24)17-7-3-6-16(13-17)20-25-18(30-26-20)14-27-8-10-28(11-9-27)19(29)12-15-4-1-2-5-15/h1,3-4,6-7,13,15H,2,5,8-12,14H2. The topological polar surface area (TPSA) is 62.5 Å². The van der Waals surface area contributed by atoms with Gasteiger partial charge in [-0.1, -0.05) is 29.4 Å². The summed E-state index contributed by atoms with van der Waals surface area (Å²) in [5.74, 6) is 1.03. The summed E-state index contributed by atoms with van der Waals surface area (Å²) in [4.78, 5) is 20.7. The van der Waals surface area contributed by atoms with Crippen molar-refractivity contribution in [3.05, 3.63) is 47.9 Å². The second-order valence-electron chi connectivity index (χ2n) is 7.72. The van der Waals surface area contributed by atoms with Gasteiger partial charge in [0.15, 0.2) is 0 Å². The summed E-state index contributed by atoms with van der Waals surface area (Å²) >= 11 is 0. The molecule has 1 aromatic heterocycles. The number of allylic oxidation sites excluding steroid dienone is 2. The first-order chi connectivity index (χ1) is 14.4. The van der Waals surface area contributed by atoms with E-state index in [0.717, 1.165) is 25.0 Å². The minimum Gasteiger partial charge on any atom is -0.340 e. The fourth-order valence-corrected chi connectivity index (χ4v) is 3.84. The molecule has 1 unspecified atom stereocenters. The van der Waals surface area contributed by atoms with Crippen LogP contribution in [0.2, 0.25) is 0 Å². The van der Waals surface area contributed by atoms with Crippen molar-refractivity contribution < 1.29 is 22.5 Å². The van der Waals surface area contributed by atoms with Crippen LogP contribution in [-0.2, 0) is 17.5 Å². The van der Waals surface area contributed by atoms with Crippen molar-refractivity contribution in [3.63, 3.8) is 0 Å². The predicted octanol–water partition coefficient (Wildman–Crippen LogP) is 3.76. The number of hydrogen-bond acceptors (Lipinski definition) is 5. The highest BCUT2D eigenvalue weighted by Crippen LogP contribution is 2.31. The number of carbonyl (C=O) groups excluding carboxylic acids is 1. The van der Waals surface area contributed by atoms with Gasteiger partial charge < -0.3 is 9.42 Å². The second kappa shape index (κ2) is 8.59. The monoisotopic (exact) mass is 420 g/mol. The van der Waals surface area contributed by atoms with E-state index in [1.54, 1.807) is 0 Å². The van der Waals surface area contributed by atoms with Gasteiger partial charge in [0.25, 0.3) is 0 Å². The fraction of sp³-hybridized carbons (Fsp3) is 0.476. The summed E-state index contributed by atoms with van der Waals surface area (Å²) in [6.45, 7) is 3.06. The highest BCUT2D eigenvalue weighted by molar-refractivity contribution is 5.76. The van der Waals surface area contributed by atoms with Crippen LogP contribution in [0.15, 0.2) is 40.9 Å². The lowest BCUT2D eigenvalue weighted by molar-refractivity contribution is -0.137. The normalized spacial score (nSPS) is 20.1. The Labute approximate surface area is 172 Å². The number of piperazine rings is 1. The van der Waals surface area contributed by atoms with Crippen LogP contribution in [0.25, 0.3) is 11.4 Å². The summed E-state index contributed by atoms with van der Waals surface area (Å²) in [6.07, 6.45) is 2.52. The quantitative estimate of drug-likeness (QED) is 0.690. The molecule has 0 spiro atoms. The minimum atomic E-state index is -4.42. The van der Waals surface area contributed by atoms with Gasteiger partial charge in [-0.2, -0.15) is 18.2 Å². The summed E-state index contributed by atoms with van der Waals surface area (Å²) in [6, 6.07) is 4.87. The number of carbonyl (C=O) groups is 1. The molecule has 2 heterocycles. The third kappa shape index (κ3) is 4.89. The van der Waals surface area contributed by atoms with Crippen LogP contribution in [0, 0.1) is 5.92 Å². The molecular formula is C21H23F3N4O2. The molecule has 1 amide bonds. The lowest BCUT2D eigenvalue weighted by Gasteiger charge is -2.34. The van der Waals surface area contributed by atoms with Crippen molar-refractivity contribution in [1.29, 1.82) is 0 Å². The molecule has 1 fully saturated rings. The average Bonchev–Trinajstić information content (AvgIpc) is 3.40. The van der Waals surface area contributed by atoms with Crippen molar-refractivity contribution >= 4 is 5.91 Å². The molecule has 30 heavy (non-hydrogen) atoms. The van der Waals surface area contributed by atoms with Crippen molar-refractivity contribution in [2.45, 2.75) is 32.0 Å². The predicted molar refractivity (Wildman–Crippen MR) is 103 cm³/mol. The van der Waals surface area contributed by atoms with Crippen LogP contribution < -0.4 is 0 Å². The zero-order valence-corrected chi connectivity index (χ0v) is 16.4. The first-order valence-electron chi connectivity index (χ1n) is 10.1. The summed E-state index contributed by atoms with van der Waals surface area (Å²) in [5.41, 5.74) is -0.489. The third-order valence-corrected chi connectivity index (χ3v) is 5.55. The van der Waals surface area contributed by atoms with Gasteiger partial charge >= 0.3 is 6.18 Å². The number of hydrogen-bond donors (Lipinski definition) is 0. The van der Waals surface area contributed by atoms with Crippen molar-refractivity contribution in [2.24, 2.45) is 5.92 Å². The van der Waals surface area contributed by atoms with E-state index in [-0.39, 0.29) is 17.3 Å². The van der Waals surface area contributed by atoms with E-state index in [4.69, 9.17) is 4.52 Å². The summed E-state index contributed by atoms with van der Waals surface area (Å²) < 4.78 is 43.9. The number of halogens is 3. The highest BCUT2D eigenvalue weighted by atomic mass is 19.4. The zero-order chi connectivity index (χ0) is 21.1. The number of aromatic nitrogens is 2. The SMILES string of the molecule is O=C(CC1C=CCC1)N1CCN(Cc2nc(-c3cccc(C(F)(F)F)c3)no2)CC1. The zero-order valence-electron chi connectivity index (χ0n) is 16.4. The summed E-state index contributed by atoms with van der Waals surface area (Å²) in [5, 5.41) is 3.82. The molecule has 1 aliphatic heterocycles. The molecule has 6 nitrogen and oxygen atoms in total. The van der Waals surface area contributed by atoms with Crippen molar-refractivity contribution in [3.8, 4) is 11.4 Å². The Morgan fingerprint density at radius 3 is 2.70 bits per heavy atom. The number of alkyl halides is 3. The lowest BCUT2D eigenvalue weighted by atomic mass is 10.0. The highest BCUT2D eigenvalue weighted by Gasteiger charge is 2.31. The Kier molecular flexibility index (Phi) is 5.90. The molecule has 0 saturated carbocycles. The maximum Gasteiger partial charge on any atom is 0.416 e. The Morgan fingerprint density at radius 2 is 2.00 bits per heavy atom. The molecule has 1 atom stereocenters. The molecule has 0 N–H and O–H groups in total. The summed E-state index contributed by atoms with van der Waals surface area (Å²) in [7, 11) is 0. The van der Waals surface area contributed by atoms with Crippen molar-refractivity contribution in [1.82, 2.24) is 19.9 Å². The second-order valence-corrected chi connectivity index (χ2v) is 7.72. The van der Waals surface area contributed by atoms with Crippen LogP contribution in [0.1, 0.15) is 30.7 Å². The molecule has 0 bridgehead atoms. The maximum atomic E-state index is 12.9. The van der Waals surface area contributed by atoms with Crippen LogP contribution >= 0.6 is 0 Å². The Balaban J connectivity index is 1.31. The molecule has 1 aliphatic carbocycles. The number of nitrogens with zero attached hydrogens (tertiary/aromatic N) is 4. The molecule has 2 aromatic rings. The molecule has 1 aromatic carbocycles. The molecule has 4 rings (SSSR count). The van der Waals surface area contributed by atoms with Crippen molar-refractivity contribution in [2.75, 3.05) is 26.2 Å². The minimum absolute atomic E-state index is 0.134. The van der Waals surface area contributed by atoms with Gasteiger partial charge in [-0.25, -0.2) is 0 Å². The van der Waals surface area contributed by atoms with Crippen LogP contribution in [-0.4, -0.2) is 52.0 Å². The lowest BCUT2D eigenvalue weighted by Crippen LogP contribution is -2.48. The van der Waals surface area contributed by atoms with E-state index in [1.807, 2.05) is 4.90 Å². The van der Waals surface area contributed by atoms with Gasteiger partial charge in [-0.05, 0) is 30.9 Å². The molecule has 2 aliphatic rings. The van der Waals surface area contributed by atoms with Crippen LogP contribution in [0.4, 0.5) is 13.2 Å². The maximum absolute atomic E-state index is 12.9. The first-order valence-corrected chi connectivity index (χ1v) is 10.1. The molecular weight excluding hydrogens is 397 g/mol. The Hall–Kier alpha value is -2.68. The largest absolute Gasteiger partial charge is 0.416 e. The van der Waals surface area contributed by atoms with E-state index in [0.29, 0.717) is 51.0 Å². The smallest absolute Gasteiger partial charge is 0.340 e. The van der Waals surface area contributed by atoms with Gasteiger partial charge in [0.05, 0.1) is 12.1 Å². The molecule has 1 saturated heterocycles. The van der Waals surface area contributed by atoms with Crippen LogP contribution in [0.5, 0.6) is 0 Å². The Bertz CT molecular complexity index is 917. The molecule has 160 valence electrons. The first kappa shape index (κ1) is 20.6. The van der Waals surface area contributed by atoms with E-state index in [1.165, 1.54) is 12.1 Å². The van der Waals surface area contributed by atoms with E-state index in [9.17, 15) is 18.0 Å². The molecule has 0 radical (unpaired) electrons. The average molecular weight is 420 g/mol. The van der Waals surface area contributed by atoms with E-state index in [2.05, 4.69) is 27.2 Å². The van der Waals surface area contributed by atoms with Gasteiger partial charge in [0.2, 0.25) is 17.6 Å².